The van der Waals surface area contributed by atoms with Gasteiger partial charge < -0.3 is 4.48 Å². The molecule has 0 amide bonds. The summed E-state index contributed by atoms with van der Waals surface area (Å²) in [4.78, 5) is 0. The van der Waals surface area contributed by atoms with E-state index in [1.54, 1.807) is 25.7 Å². The van der Waals surface area contributed by atoms with Crippen LogP contribution in [-0.4, -0.2) is 31.7 Å². The zero-order valence-corrected chi connectivity index (χ0v) is 9.87. The van der Waals surface area contributed by atoms with E-state index in [1.165, 1.54) is 10.9 Å². The van der Waals surface area contributed by atoms with Gasteiger partial charge in [-0.05, 0) is 43.4 Å². The monoisotopic (exact) mass is 194 g/mol. The van der Waals surface area contributed by atoms with Crippen molar-refractivity contribution in [3.05, 3.63) is 0 Å². The molecule has 0 heterocycles. The molecular formula is C13H24N+. The summed E-state index contributed by atoms with van der Waals surface area (Å²) in [6.07, 6.45) is 7.77. The molecule has 0 radical (unpaired) electrons. The Morgan fingerprint density at radius 1 is 0.857 bits per heavy atom. The Morgan fingerprint density at radius 3 is 2.29 bits per heavy atom. The number of hydrogen-bond acceptors (Lipinski definition) is 0. The van der Waals surface area contributed by atoms with Crippen molar-refractivity contribution in [1.29, 1.82) is 0 Å². The lowest BCUT2D eigenvalue weighted by Gasteiger charge is -2.38. The molecule has 0 spiro atoms. The summed E-state index contributed by atoms with van der Waals surface area (Å²) in [6, 6.07) is 0.982. The molecule has 0 aromatic heterocycles. The molecule has 3 saturated carbocycles. The molecule has 5 atom stereocenters. The lowest BCUT2D eigenvalue weighted by Crippen LogP contribution is -2.49. The Morgan fingerprint density at radius 2 is 1.57 bits per heavy atom. The summed E-state index contributed by atoms with van der Waals surface area (Å²) < 4.78 is 1.21. The van der Waals surface area contributed by atoms with Gasteiger partial charge in [0.05, 0.1) is 27.2 Å². The van der Waals surface area contributed by atoms with Crippen molar-refractivity contribution in [2.75, 3.05) is 21.1 Å². The molecule has 0 aromatic carbocycles. The molecule has 1 heteroatoms. The third-order valence-electron chi connectivity index (χ3n) is 5.39. The number of quaternary nitrogens is 1. The van der Waals surface area contributed by atoms with Crippen molar-refractivity contribution < 1.29 is 4.48 Å². The molecule has 5 unspecified atom stereocenters. The van der Waals surface area contributed by atoms with E-state index < -0.39 is 0 Å². The fourth-order valence-electron chi connectivity index (χ4n) is 4.94. The van der Waals surface area contributed by atoms with Crippen LogP contribution in [0.15, 0.2) is 0 Å². The fourth-order valence-corrected chi connectivity index (χ4v) is 4.94. The first-order valence-corrected chi connectivity index (χ1v) is 6.38. The minimum atomic E-state index is 0.982. The fraction of sp³-hybridized carbons (Fsp3) is 1.00. The van der Waals surface area contributed by atoms with Crippen LogP contribution >= 0.6 is 0 Å². The molecule has 0 saturated heterocycles. The van der Waals surface area contributed by atoms with E-state index in [4.69, 9.17) is 0 Å². The molecule has 2 bridgehead atoms. The second kappa shape index (κ2) is 2.75. The predicted octanol–water partition coefficient (Wildman–Crippen LogP) is 2.52. The molecule has 80 valence electrons. The largest absolute Gasteiger partial charge is 0.328 e. The van der Waals surface area contributed by atoms with Gasteiger partial charge in [-0.3, -0.25) is 0 Å². The highest BCUT2D eigenvalue weighted by molar-refractivity contribution is 5.03. The minimum Gasteiger partial charge on any atom is -0.328 e. The number of nitrogens with zero attached hydrogens (tertiary/aromatic N) is 1. The Bertz CT molecular complexity index is 240. The van der Waals surface area contributed by atoms with Gasteiger partial charge in [0, 0.05) is 12.3 Å². The van der Waals surface area contributed by atoms with E-state index in [0.717, 1.165) is 29.7 Å². The number of fused-ring (bicyclic) bond motifs is 5. The molecule has 14 heavy (non-hydrogen) atoms. The van der Waals surface area contributed by atoms with Crippen LogP contribution in [0.3, 0.4) is 0 Å². The highest BCUT2D eigenvalue weighted by atomic mass is 15.3. The topological polar surface area (TPSA) is 0 Å². The van der Waals surface area contributed by atoms with Crippen molar-refractivity contribution in [3.63, 3.8) is 0 Å². The van der Waals surface area contributed by atoms with Crippen LogP contribution in [0.1, 0.15) is 32.1 Å². The summed E-state index contributed by atoms with van der Waals surface area (Å²) in [5.74, 6) is 4.50. The van der Waals surface area contributed by atoms with Crippen molar-refractivity contribution in [2.45, 2.75) is 38.1 Å². The molecule has 3 aliphatic rings. The van der Waals surface area contributed by atoms with Crippen LogP contribution in [0.4, 0.5) is 0 Å². The normalized spacial score (nSPS) is 51.2. The number of rotatable bonds is 1. The number of hydrogen-bond donors (Lipinski definition) is 0. The molecule has 1 nitrogen and oxygen atoms in total. The third-order valence-corrected chi connectivity index (χ3v) is 5.39. The smallest absolute Gasteiger partial charge is 0.0918 e. The Balaban J connectivity index is 1.86. The minimum absolute atomic E-state index is 0.982. The SMILES string of the molecule is C[N+](C)(C)C1CCC2C3CCC(C3)C21. The van der Waals surface area contributed by atoms with Gasteiger partial charge in [-0.1, -0.05) is 0 Å². The van der Waals surface area contributed by atoms with Crippen LogP contribution in [0.25, 0.3) is 0 Å². The quantitative estimate of drug-likeness (QED) is 0.563. The lowest BCUT2D eigenvalue weighted by molar-refractivity contribution is -0.899. The first-order valence-electron chi connectivity index (χ1n) is 6.38. The summed E-state index contributed by atoms with van der Waals surface area (Å²) in [7, 11) is 7.21. The Hall–Kier alpha value is -0.0400. The first kappa shape index (κ1) is 9.21. The van der Waals surface area contributed by atoms with Crippen LogP contribution < -0.4 is 0 Å². The van der Waals surface area contributed by atoms with Crippen LogP contribution in [0, 0.1) is 23.7 Å². The van der Waals surface area contributed by atoms with E-state index >= 15 is 0 Å². The van der Waals surface area contributed by atoms with E-state index in [9.17, 15) is 0 Å². The van der Waals surface area contributed by atoms with E-state index in [1.807, 2.05) is 0 Å². The van der Waals surface area contributed by atoms with Crippen molar-refractivity contribution in [1.82, 2.24) is 0 Å². The van der Waals surface area contributed by atoms with Crippen LogP contribution in [0.5, 0.6) is 0 Å². The van der Waals surface area contributed by atoms with Gasteiger partial charge in [0.2, 0.25) is 0 Å². The maximum absolute atomic E-state index is 2.40. The summed E-state index contributed by atoms with van der Waals surface area (Å²) in [6.45, 7) is 0. The molecule has 0 aliphatic heterocycles. The zero-order chi connectivity index (χ0) is 9.92. The van der Waals surface area contributed by atoms with Crippen molar-refractivity contribution in [3.8, 4) is 0 Å². The highest BCUT2D eigenvalue weighted by Gasteiger charge is 2.56. The van der Waals surface area contributed by atoms with Crippen LogP contribution in [-0.2, 0) is 0 Å². The summed E-state index contributed by atoms with van der Waals surface area (Å²) in [5, 5.41) is 0. The van der Waals surface area contributed by atoms with Gasteiger partial charge >= 0.3 is 0 Å². The average molecular weight is 194 g/mol. The van der Waals surface area contributed by atoms with Crippen molar-refractivity contribution >= 4 is 0 Å². The zero-order valence-electron chi connectivity index (χ0n) is 9.87. The molecular weight excluding hydrogens is 170 g/mol. The van der Waals surface area contributed by atoms with Gasteiger partial charge in [-0.15, -0.1) is 0 Å². The Labute approximate surface area is 88.1 Å². The van der Waals surface area contributed by atoms with Gasteiger partial charge in [-0.25, -0.2) is 0 Å². The maximum Gasteiger partial charge on any atom is 0.0918 e. The molecule has 0 aromatic rings. The standard InChI is InChI=1S/C13H24N/c1-14(2,3)12-7-6-11-9-4-5-10(8-9)13(11)12/h9-13H,4-8H2,1-3H3/q+1. The molecule has 0 N–H and O–H groups in total. The molecule has 3 aliphatic carbocycles. The second-order valence-corrected chi connectivity index (χ2v) is 6.84. The van der Waals surface area contributed by atoms with E-state index in [0.29, 0.717) is 0 Å². The van der Waals surface area contributed by atoms with Gasteiger partial charge in [-0.2, -0.15) is 0 Å². The van der Waals surface area contributed by atoms with Crippen LogP contribution in [0.2, 0.25) is 0 Å². The van der Waals surface area contributed by atoms with Crippen molar-refractivity contribution in [2.24, 2.45) is 23.7 Å². The maximum atomic E-state index is 2.40. The average Bonchev–Trinajstić information content (AvgIpc) is 2.74. The van der Waals surface area contributed by atoms with E-state index in [2.05, 4.69) is 21.1 Å². The lowest BCUT2D eigenvalue weighted by atomic mass is 9.80. The summed E-state index contributed by atoms with van der Waals surface area (Å²) in [5.41, 5.74) is 0. The summed E-state index contributed by atoms with van der Waals surface area (Å²) >= 11 is 0. The second-order valence-electron chi connectivity index (χ2n) is 6.84. The van der Waals surface area contributed by atoms with Gasteiger partial charge in [0.1, 0.15) is 0 Å². The van der Waals surface area contributed by atoms with Gasteiger partial charge in [0.15, 0.2) is 0 Å². The van der Waals surface area contributed by atoms with Gasteiger partial charge in [0.25, 0.3) is 0 Å². The predicted molar refractivity (Wildman–Crippen MR) is 58.9 cm³/mol. The first-order chi connectivity index (χ1) is 6.57. The highest BCUT2D eigenvalue weighted by Crippen LogP contribution is 2.59. The molecule has 3 fully saturated rings. The van der Waals surface area contributed by atoms with E-state index in [-0.39, 0.29) is 0 Å². The third kappa shape index (κ3) is 1.11. The Kier molecular flexibility index (Phi) is 1.81. The molecule has 3 rings (SSSR count).